The number of pyridine rings is 1. The summed E-state index contributed by atoms with van der Waals surface area (Å²) in [5.74, 6) is 0.538. The summed E-state index contributed by atoms with van der Waals surface area (Å²) in [6, 6.07) is 9.71. The molecule has 1 amide bonds. The number of nitrogens with zero attached hydrogens (tertiary/aromatic N) is 3. The highest BCUT2D eigenvalue weighted by Gasteiger charge is 2.31. The quantitative estimate of drug-likeness (QED) is 0.547. The maximum atomic E-state index is 12.3. The largest absolute Gasteiger partial charge is 0.491 e. The number of carboxylic acids is 1. The van der Waals surface area contributed by atoms with Crippen molar-refractivity contribution in [1.82, 2.24) is 14.9 Å². The van der Waals surface area contributed by atoms with E-state index < -0.39 is 5.97 Å². The Morgan fingerprint density at radius 2 is 2.28 bits per heavy atom. The average molecular weight is 430 g/mol. The Bertz CT molecular complexity index is 1040. The molecule has 1 fully saturated rings. The van der Waals surface area contributed by atoms with Crippen molar-refractivity contribution >= 4 is 45.9 Å². The Labute approximate surface area is 175 Å². The van der Waals surface area contributed by atoms with E-state index in [4.69, 9.17) is 9.84 Å². The van der Waals surface area contributed by atoms with Crippen molar-refractivity contribution in [3.05, 3.63) is 47.6 Å². The van der Waals surface area contributed by atoms with Gasteiger partial charge in [-0.3, -0.25) is 9.78 Å². The molecule has 0 radical (unpaired) electrons. The fourth-order valence-corrected chi connectivity index (χ4v) is 5.07. The predicted molar refractivity (Wildman–Crippen MR) is 112 cm³/mol. The number of carbonyl (C=O) groups is 2. The average Bonchev–Trinajstić information content (AvgIpc) is 3.34. The van der Waals surface area contributed by atoms with Crippen LogP contribution >= 0.6 is 23.1 Å². The lowest BCUT2D eigenvalue weighted by Crippen LogP contribution is -2.38. The number of fused-ring (bicyclic) bond motifs is 1. The lowest BCUT2D eigenvalue weighted by molar-refractivity contribution is -0.129. The van der Waals surface area contributed by atoms with Gasteiger partial charge in [0.2, 0.25) is 5.91 Å². The summed E-state index contributed by atoms with van der Waals surface area (Å²) < 4.78 is 6.67. The molecule has 1 atom stereocenters. The normalized spacial score (nSPS) is 16.5. The van der Waals surface area contributed by atoms with Crippen LogP contribution in [-0.4, -0.2) is 56.8 Å². The highest BCUT2D eigenvalue weighted by molar-refractivity contribution is 8.01. The molecule has 2 aromatic heterocycles. The van der Waals surface area contributed by atoms with Gasteiger partial charge in [0, 0.05) is 35.7 Å². The molecule has 9 heteroatoms. The van der Waals surface area contributed by atoms with E-state index in [1.165, 1.54) is 28.5 Å². The molecule has 3 heterocycles. The van der Waals surface area contributed by atoms with E-state index in [2.05, 4.69) is 9.97 Å². The predicted octanol–water partition coefficient (Wildman–Crippen LogP) is 3.55. The number of aromatic carboxylic acids is 1. The molecule has 0 aliphatic carbocycles. The van der Waals surface area contributed by atoms with Gasteiger partial charge in [-0.1, -0.05) is 17.8 Å². The van der Waals surface area contributed by atoms with Crippen LogP contribution in [0.4, 0.5) is 0 Å². The molecule has 1 aromatic carbocycles. The highest BCUT2D eigenvalue weighted by Crippen LogP contribution is 2.26. The molecule has 3 aromatic rings. The summed E-state index contributed by atoms with van der Waals surface area (Å²) in [6.07, 6.45) is 3.07. The first-order chi connectivity index (χ1) is 14.1. The summed E-state index contributed by atoms with van der Waals surface area (Å²) >= 11 is 2.78. The van der Waals surface area contributed by atoms with Crippen molar-refractivity contribution in [3.8, 4) is 5.75 Å². The molecule has 4 rings (SSSR count). The zero-order chi connectivity index (χ0) is 20.2. The van der Waals surface area contributed by atoms with Crippen LogP contribution in [0.25, 0.3) is 10.9 Å². The van der Waals surface area contributed by atoms with Crippen molar-refractivity contribution in [2.24, 2.45) is 0 Å². The van der Waals surface area contributed by atoms with Gasteiger partial charge < -0.3 is 14.7 Å². The summed E-state index contributed by atoms with van der Waals surface area (Å²) in [5.41, 5.74) is 0.981. The summed E-state index contributed by atoms with van der Waals surface area (Å²) in [7, 11) is 0. The van der Waals surface area contributed by atoms with Gasteiger partial charge in [0.05, 0.1) is 11.6 Å². The van der Waals surface area contributed by atoms with Crippen molar-refractivity contribution in [3.63, 3.8) is 0 Å². The maximum Gasteiger partial charge on any atom is 0.355 e. The number of carbonyl (C=O) groups excluding carboxylic acids is 1. The number of benzene rings is 1. The Hall–Kier alpha value is -2.65. The van der Waals surface area contributed by atoms with Crippen LogP contribution in [0.15, 0.2) is 46.2 Å². The van der Waals surface area contributed by atoms with E-state index in [1.54, 1.807) is 6.20 Å². The van der Waals surface area contributed by atoms with Crippen LogP contribution in [-0.2, 0) is 4.79 Å². The molecule has 150 valence electrons. The molecule has 1 aliphatic rings. The van der Waals surface area contributed by atoms with Crippen LogP contribution in [0.2, 0.25) is 0 Å². The molecule has 1 aliphatic heterocycles. The number of hydrogen-bond donors (Lipinski definition) is 1. The van der Waals surface area contributed by atoms with E-state index in [-0.39, 0.29) is 17.6 Å². The van der Waals surface area contributed by atoms with E-state index in [0.717, 1.165) is 23.1 Å². The Balaban J connectivity index is 1.31. The third kappa shape index (κ3) is 4.68. The third-order valence-electron chi connectivity index (χ3n) is 4.73. The smallest absolute Gasteiger partial charge is 0.355 e. The number of aromatic nitrogens is 2. The van der Waals surface area contributed by atoms with Crippen molar-refractivity contribution in [1.29, 1.82) is 0 Å². The number of thioether (sulfide) groups is 1. The first kappa shape index (κ1) is 19.7. The number of rotatable bonds is 8. The van der Waals surface area contributed by atoms with Gasteiger partial charge in [0.1, 0.15) is 12.4 Å². The standard InChI is InChI=1S/C20H19N3O4S2/c24-18-6-3-14(11-27-15-4-5-16-13(10-15)2-1-7-21-16)23(18)8-9-28-20-22-17(12-29-20)19(25)26/h1-2,4-5,7,10,12,14H,3,6,8-9,11H2,(H,25,26)/t14-/m1/s1. The fourth-order valence-electron chi connectivity index (χ4n) is 3.26. The van der Waals surface area contributed by atoms with Gasteiger partial charge in [-0.05, 0) is 30.7 Å². The van der Waals surface area contributed by atoms with Crippen molar-refractivity contribution in [2.75, 3.05) is 18.9 Å². The van der Waals surface area contributed by atoms with Crippen LogP contribution in [0, 0.1) is 0 Å². The van der Waals surface area contributed by atoms with E-state index in [0.29, 0.717) is 29.7 Å². The topological polar surface area (TPSA) is 92.6 Å². The minimum atomic E-state index is -1.02. The molecule has 1 saturated heterocycles. The molecular weight excluding hydrogens is 410 g/mol. The van der Waals surface area contributed by atoms with E-state index in [1.807, 2.05) is 35.2 Å². The highest BCUT2D eigenvalue weighted by atomic mass is 32.2. The number of ether oxygens (including phenoxy) is 1. The zero-order valence-corrected chi connectivity index (χ0v) is 17.1. The summed E-state index contributed by atoms with van der Waals surface area (Å²) in [5, 5.41) is 11.5. The third-order valence-corrected chi connectivity index (χ3v) is 6.73. The fraction of sp³-hybridized carbons (Fsp3) is 0.300. The van der Waals surface area contributed by atoms with Crippen molar-refractivity contribution < 1.29 is 19.4 Å². The molecule has 7 nitrogen and oxygen atoms in total. The number of amides is 1. The lowest BCUT2D eigenvalue weighted by Gasteiger charge is -2.24. The monoisotopic (exact) mass is 429 g/mol. The van der Waals surface area contributed by atoms with Gasteiger partial charge in [0.25, 0.3) is 0 Å². The SMILES string of the molecule is O=C(O)c1csc(SCCN2C(=O)CC[C@@H]2COc2ccc3ncccc3c2)n1. The number of likely N-dealkylation sites (tertiary alicyclic amines) is 1. The van der Waals surface area contributed by atoms with Crippen LogP contribution in [0.5, 0.6) is 5.75 Å². The van der Waals surface area contributed by atoms with Crippen LogP contribution < -0.4 is 4.74 Å². The van der Waals surface area contributed by atoms with Crippen LogP contribution in [0.3, 0.4) is 0 Å². The lowest BCUT2D eigenvalue weighted by atomic mass is 10.2. The molecule has 0 unspecified atom stereocenters. The Morgan fingerprint density at radius 1 is 1.38 bits per heavy atom. The Morgan fingerprint density at radius 3 is 3.10 bits per heavy atom. The zero-order valence-electron chi connectivity index (χ0n) is 15.5. The minimum Gasteiger partial charge on any atom is -0.491 e. The van der Waals surface area contributed by atoms with Gasteiger partial charge >= 0.3 is 5.97 Å². The van der Waals surface area contributed by atoms with E-state index >= 15 is 0 Å². The first-order valence-corrected chi connectivity index (χ1v) is 11.1. The molecule has 1 N–H and O–H groups in total. The summed E-state index contributed by atoms with van der Waals surface area (Å²) in [6.45, 7) is 1.03. The van der Waals surface area contributed by atoms with Gasteiger partial charge in [-0.2, -0.15) is 0 Å². The number of carboxylic acid groups (broad SMARTS) is 1. The second kappa shape index (κ2) is 8.79. The molecule has 0 spiro atoms. The Kier molecular flexibility index (Phi) is 5.96. The van der Waals surface area contributed by atoms with Gasteiger partial charge in [-0.15, -0.1) is 11.3 Å². The van der Waals surface area contributed by atoms with Gasteiger partial charge in [0.15, 0.2) is 10.0 Å². The van der Waals surface area contributed by atoms with Crippen molar-refractivity contribution in [2.45, 2.75) is 23.2 Å². The molecule has 0 saturated carbocycles. The minimum absolute atomic E-state index is 0.0403. The summed E-state index contributed by atoms with van der Waals surface area (Å²) in [4.78, 5) is 33.4. The maximum absolute atomic E-state index is 12.3. The number of hydrogen-bond acceptors (Lipinski definition) is 7. The van der Waals surface area contributed by atoms with Gasteiger partial charge in [-0.25, -0.2) is 9.78 Å². The molecule has 0 bridgehead atoms. The van der Waals surface area contributed by atoms with E-state index in [9.17, 15) is 9.59 Å². The molecular formula is C20H19N3O4S2. The number of thiazole rings is 1. The first-order valence-electron chi connectivity index (χ1n) is 9.19. The van der Waals surface area contributed by atoms with Crippen LogP contribution in [0.1, 0.15) is 23.3 Å². The second-order valence-corrected chi connectivity index (χ2v) is 8.80. The molecule has 29 heavy (non-hydrogen) atoms. The second-order valence-electron chi connectivity index (χ2n) is 6.60.